The van der Waals surface area contributed by atoms with E-state index in [1.807, 2.05) is 18.2 Å². The van der Waals surface area contributed by atoms with Crippen molar-refractivity contribution in [2.75, 3.05) is 13.1 Å². The summed E-state index contributed by atoms with van der Waals surface area (Å²) in [7, 11) is 0. The Labute approximate surface area is 159 Å². The first-order valence-electron chi connectivity index (χ1n) is 9.38. The molecule has 5 heteroatoms. The summed E-state index contributed by atoms with van der Waals surface area (Å²) in [5, 5.41) is 8.01. The molecule has 4 nitrogen and oxygen atoms in total. The second kappa shape index (κ2) is 9.53. The lowest BCUT2D eigenvalue weighted by atomic mass is 10.0. The lowest BCUT2D eigenvalue weighted by molar-refractivity contribution is -0.122. The van der Waals surface area contributed by atoms with Gasteiger partial charge in [-0.15, -0.1) is 11.3 Å². The summed E-state index contributed by atoms with van der Waals surface area (Å²) < 4.78 is 0. The molecule has 1 aliphatic rings. The molecule has 1 aliphatic carbocycles. The zero-order valence-electron chi connectivity index (χ0n) is 15.0. The third-order valence-electron chi connectivity index (χ3n) is 4.83. The highest BCUT2D eigenvalue weighted by molar-refractivity contribution is 7.09. The van der Waals surface area contributed by atoms with E-state index in [1.54, 1.807) is 11.3 Å². The van der Waals surface area contributed by atoms with Crippen LogP contribution in [0.5, 0.6) is 0 Å². The van der Waals surface area contributed by atoms with Crippen LogP contribution in [0.4, 0.5) is 0 Å². The molecule has 0 unspecified atom stereocenters. The van der Waals surface area contributed by atoms with E-state index in [-0.39, 0.29) is 17.7 Å². The number of carbonyl (C=O) groups is 2. The van der Waals surface area contributed by atoms with E-state index in [0.717, 1.165) is 32.1 Å². The Bertz CT molecular complexity index is 727. The lowest BCUT2D eigenvalue weighted by Crippen LogP contribution is -2.32. The Morgan fingerprint density at radius 3 is 2.73 bits per heavy atom. The third kappa shape index (κ3) is 5.18. The van der Waals surface area contributed by atoms with Gasteiger partial charge in [-0.25, -0.2) is 0 Å². The number of aryl methyl sites for hydroxylation is 2. The maximum Gasteiger partial charge on any atom is 0.227 e. The molecule has 0 fully saturated rings. The molecule has 0 saturated carbocycles. The number of amides is 2. The first kappa shape index (κ1) is 18.6. The second-order valence-corrected chi connectivity index (χ2v) is 7.75. The molecule has 1 heterocycles. The fourth-order valence-corrected chi connectivity index (χ4v) is 4.20. The van der Waals surface area contributed by atoms with Gasteiger partial charge >= 0.3 is 0 Å². The largest absolute Gasteiger partial charge is 0.356 e. The van der Waals surface area contributed by atoms with E-state index < -0.39 is 0 Å². The van der Waals surface area contributed by atoms with Gasteiger partial charge < -0.3 is 10.6 Å². The van der Waals surface area contributed by atoms with Gasteiger partial charge in [0.25, 0.3) is 0 Å². The number of thiophene rings is 1. The van der Waals surface area contributed by atoms with Crippen molar-refractivity contribution in [2.24, 2.45) is 0 Å². The molecule has 2 N–H and O–H groups in total. The Hall–Kier alpha value is -2.14. The van der Waals surface area contributed by atoms with Gasteiger partial charge in [0.2, 0.25) is 11.8 Å². The molecule has 0 aliphatic heterocycles. The molecule has 0 saturated heterocycles. The summed E-state index contributed by atoms with van der Waals surface area (Å²) in [5.41, 5.74) is 2.46. The van der Waals surface area contributed by atoms with Crippen LogP contribution in [0.15, 0.2) is 41.8 Å². The number of nitrogens with one attached hydrogen (secondary N) is 2. The average Bonchev–Trinajstić information content (AvgIpc) is 3.31. The number of fused-ring (bicyclic) bond motifs is 1. The SMILES string of the molecule is O=C(CCCc1cccs1)NCCCNC(=O)[C@@H]1CCc2ccccc21. The zero-order valence-corrected chi connectivity index (χ0v) is 15.8. The van der Waals surface area contributed by atoms with E-state index >= 15 is 0 Å². The van der Waals surface area contributed by atoms with Crippen molar-refractivity contribution in [3.05, 3.63) is 57.8 Å². The smallest absolute Gasteiger partial charge is 0.227 e. The number of rotatable bonds is 9. The predicted octanol–water partition coefficient (Wildman–Crippen LogP) is 3.42. The fourth-order valence-electron chi connectivity index (χ4n) is 3.45. The van der Waals surface area contributed by atoms with Crippen molar-refractivity contribution in [2.45, 2.75) is 44.4 Å². The lowest BCUT2D eigenvalue weighted by Gasteiger charge is -2.12. The maximum absolute atomic E-state index is 12.4. The van der Waals surface area contributed by atoms with Gasteiger partial charge in [0.1, 0.15) is 0 Å². The van der Waals surface area contributed by atoms with Gasteiger partial charge in [0, 0.05) is 24.4 Å². The third-order valence-corrected chi connectivity index (χ3v) is 5.77. The molecule has 0 bridgehead atoms. The van der Waals surface area contributed by atoms with Crippen molar-refractivity contribution < 1.29 is 9.59 Å². The number of hydrogen-bond acceptors (Lipinski definition) is 3. The van der Waals surface area contributed by atoms with Gasteiger partial charge in [-0.3, -0.25) is 9.59 Å². The van der Waals surface area contributed by atoms with Gasteiger partial charge in [0.05, 0.1) is 5.92 Å². The molecule has 3 rings (SSSR count). The van der Waals surface area contributed by atoms with E-state index in [4.69, 9.17) is 0 Å². The predicted molar refractivity (Wildman–Crippen MR) is 105 cm³/mol. The van der Waals surface area contributed by atoms with Crippen molar-refractivity contribution >= 4 is 23.2 Å². The van der Waals surface area contributed by atoms with Gasteiger partial charge in [0.15, 0.2) is 0 Å². The average molecular weight is 371 g/mol. The minimum atomic E-state index is -0.0157. The Morgan fingerprint density at radius 2 is 1.88 bits per heavy atom. The van der Waals surface area contributed by atoms with Crippen LogP contribution in [-0.4, -0.2) is 24.9 Å². The Balaban J connectivity index is 1.26. The van der Waals surface area contributed by atoms with Crippen LogP contribution in [0, 0.1) is 0 Å². The van der Waals surface area contributed by atoms with E-state index in [2.05, 4.69) is 34.2 Å². The highest BCUT2D eigenvalue weighted by atomic mass is 32.1. The van der Waals surface area contributed by atoms with Crippen LogP contribution < -0.4 is 10.6 Å². The summed E-state index contributed by atoms with van der Waals surface area (Å²) in [6, 6.07) is 12.3. The summed E-state index contributed by atoms with van der Waals surface area (Å²) in [4.78, 5) is 25.5. The van der Waals surface area contributed by atoms with Crippen LogP contribution >= 0.6 is 11.3 Å². The quantitative estimate of drug-likeness (QED) is 0.665. The molecule has 2 aromatic rings. The minimum Gasteiger partial charge on any atom is -0.356 e. The first-order chi connectivity index (χ1) is 12.7. The number of carbonyl (C=O) groups excluding carboxylic acids is 2. The molecule has 2 amide bonds. The van der Waals surface area contributed by atoms with Crippen LogP contribution in [-0.2, 0) is 22.4 Å². The highest BCUT2D eigenvalue weighted by Gasteiger charge is 2.27. The number of benzene rings is 1. The fraction of sp³-hybridized carbons (Fsp3) is 0.429. The van der Waals surface area contributed by atoms with Crippen LogP contribution in [0.3, 0.4) is 0 Å². The van der Waals surface area contributed by atoms with Gasteiger partial charge in [-0.05, 0) is 54.7 Å². The second-order valence-electron chi connectivity index (χ2n) is 6.72. The maximum atomic E-state index is 12.4. The zero-order chi connectivity index (χ0) is 18.2. The number of hydrogen-bond donors (Lipinski definition) is 2. The van der Waals surface area contributed by atoms with Crippen molar-refractivity contribution in [1.29, 1.82) is 0 Å². The topological polar surface area (TPSA) is 58.2 Å². The molecular weight excluding hydrogens is 344 g/mol. The van der Waals surface area contributed by atoms with Gasteiger partial charge in [-0.2, -0.15) is 0 Å². The van der Waals surface area contributed by atoms with Crippen molar-refractivity contribution in [3.63, 3.8) is 0 Å². The summed E-state index contributed by atoms with van der Waals surface area (Å²) >= 11 is 1.74. The highest BCUT2D eigenvalue weighted by Crippen LogP contribution is 2.32. The van der Waals surface area contributed by atoms with Crippen LogP contribution in [0.1, 0.15) is 47.6 Å². The molecule has 1 aromatic heterocycles. The van der Waals surface area contributed by atoms with E-state index in [9.17, 15) is 9.59 Å². The van der Waals surface area contributed by atoms with E-state index in [1.165, 1.54) is 16.0 Å². The molecular formula is C21H26N2O2S. The van der Waals surface area contributed by atoms with Crippen LogP contribution in [0.2, 0.25) is 0 Å². The Kier molecular flexibility index (Phi) is 6.83. The summed E-state index contributed by atoms with van der Waals surface area (Å²) in [6.45, 7) is 1.21. The Morgan fingerprint density at radius 1 is 1.04 bits per heavy atom. The minimum absolute atomic E-state index is 0.0157. The molecule has 1 aromatic carbocycles. The molecule has 1 atom stereocenters. The normalized spacial score (nSPS) is 15.5. The van der Waals surface area contributed by atoms with Crippen molar-refractivity contribution in [1.82, 2.24) is 10.6 Å². The van der Waals surface area contributed by atoms with Crippen LogP contribution in [0.25, 0.3) is 0 Å². The molecule has 26 heavy (non-hydrogen) atoms. The van der Waals surface area contributed by atoms with Crippen molar-refractivity contribution in [3.8, 4) is 0 Å². The monoisotopic (exact) mass is 370 g/mol. The molecule has 138 valence electrons. The first-order valence-corrected chi connectivity index (χ1v) is 10.3. The summed E-state index contributed by atoms with van der Waals surface area (Å²) in [6.07, 6.45) is 5.04. The van der Waals surface area contributed by atoms with Gasteiger partial charge in [-0.1, -0.05) is 30.3 Å². The molecule has 0 radical (unpaired) electrons. The van der Waals surface area contributed by atoms with E-state index in [0.29, 0.717) is 19.5 Å². The molecule has 0 spiro atoms. The summed E-state index contributed by atoms with van der Waals surface area (Å²) in [5.74, 6) is 0.188. The standard InChI is InChI=1S/C21H26N2O2S/c24-20(10-3-7-17-8-4-15-26-17)22-13-5-14-23-21(25)19-12-11-16-6-1-2-9-18(16)19/h1-2,4,6,8-9,15,19H,3,5,7,10-14H2,(H,22,24)(H,23,25)/t19-/m1/s1.